The third-order valence-corrected chi connectivity index (χ3v) is 5.41. The summed E-state index contributed by atoms with van der Waals surface area (Å²) in [6.45, 7) is 3.69. The van der Waals surface area contributed by atoms with Crippen LogP contribution in [0.15, 0.2) is 71.8 Å². The fourth-order valence-electron chi connectivity index (χ4n) is 3.83. The molecule has 1 saturated heterocycles. The zero-order valence-electron chi connectivity index (χ0n) is 16.4. The summed E-state index contributed by atoms with van der Waals surface area (Å²) in [6.07, 6.45) is 1.52. The van der Waals surface area contributed by atoms with Gasteiger partial charge in [0.2, 0.25) is 0 Å². The second kappa shape index (κ2) is 7.62. The summed E-state index contributed by atoms with van der Waals surface area (Å²) in [5, 5.41) is 4.42. The van der Waals surface area contributed by atoms with Crippen molar-refractivity contribution in [2.45, 2.75) is 6.54 Å². The average Bonchev–Trinajstić information content (AvgIpc) is 3.09. The number of aromatic nitrogens is 4. The van der Waals surface area contributed by atoms with Crippen molar-refractivity contribution >= 4 is 17.2 Å². The Balaban J connectivity index is 1.35. The number of halogens is 1. The van der Waals surface area contributed by atoms with E-state index >= 15 is 0 Å². The molecule has 1 aliphatic heterocycles. The molecule has 152 valence electrons. The number of para-hydroxylation sites is 1. The standard InChI is InChI=1S/C22H21FN6O/c23-18-6-4-5-17(13-18)15-29-22(30)28-16-24-20(14-21(28)25-29)27-11-9-26(10-12-27)19-7-2-1-3-8-19/h1-8,13-14,16H,9-12,15H2. The second-order valence-corrected chi connectivity index (χ2v) is 7.36. The fourth-order valence-corrected chi connectivity index (χ4v) is 3.83. The van der Waals surface area contributed by atoms with Gasteiger partial charge in [-0.2, -0.15) is 0 Å². The molecule has 7 nitrogen and oxygen atoms in total. The molecule has 0 unspecified atom stereocenters. The third-order valence-electron chi connectivity index (χ3n) is 5.41. The largest absolute Gasteiger partial charge is 0.368 e. The first-order valence-electron chi connectivity index (χ1n) is 9.92. The van der Waals surface area contributed by atoms with E-state index < -0.39 is 0 Å². The maximum absolute atomic E-state index is 13.4. The molecule has 0 spiro atoms. The third kappa shape index (κ3) is 3.52. The predicted molar refractivity (Wildman–Crippen MR) is 114 cm³/mol. The van der Waals surface area contributed by atoms with Crippen LogP contribution in [0, 0.1) is 5.82 Å². The molecule has 0 atom stereocenters. The molecule has 1 fully saturated rings. The van der Waals surface area contributed by atoms with E-state index in [9.17, 15) is 9.18 Å². The van der Waals surface area contributed by atoms with Gasteiger partial charge in [0.15, 0.2) is 5.65 Å². The van der Waals surface area contributed by atoms with Crippen molar-refractivity contribution in [1.29, 1.82) is 0 Å². The molecule has 0 aliphatic carbocycles. The van der Waals surface area contributed by atoms with Crippen molar-refractivity contribution in [3.63, 3.8) is 0 Å². The van der Waals surface area contributed by atoms with Crippen LogP contribution < -0.4 is 15.5 Å². The molecule has 0 bridgehead atoms. The second-order valence-electron chi connectivity index (χ2n) is 7.36. The van der Waals surface area contributed by atoms with Gasteiger partial charge in [-0.1, -0.05) is 30.3 Å². The number of rotatable bonds is 4. The van der Waals surface area contributed by atoms with Crippen LogP contribution in [0.3, 0.4) is 0 Å². The minimum atomic E-state index is -0.331. The van der Waals surface area contributed by atoms with E-state index in [0.29, 0.717) is 11.2 Å². The summed E-state index contributed by atoms with van der Waals surface area (Å²) in [5.74, 6) is 0.473. The van der Waals surface area contributed by atoms with Crippen LogP contribution in [0.25, 0.3) is 5.65 Å². The monoisotopic (exact) mass is 404 g/mol. The van der Waals surface area contributed by atoms with Crippen LogP contribution in [0.2, 0.25) is 0 Å². The van der Waals surface area contributed by atoms with Gasteiger partial charge in [0.25, 0.3) is 0 Å². The summed E-state index contributed by atoms with van der Waals surface area (Å²) in [6, 6.07) is 18.4. The Morgan fingerprint density at radius 3 is 2.43 bits per heavy atom. The van der Waals surface area contributed by atoms with Crippen molar-refractivity contribution in [2.24, 2.45) is 0 Å². The summed E-state index contributed by atoms with van der Waals surface area (Å²) in [7, 11) is 0. The highest BCUT2D eigenvalue weighted by Crippen LogP contribution is 2.19. The van der Waals surface area contributed by atoms with E-state index in [1.165, 1.54) is 33.2 Å². The van der Waals surface area contributed by atoms with E-state index in [2.05, 4.69) is 44.1 Å². The fraction of sp³-hybridized carbons (Fsp3) is 0.227. The molecule has 2 aromatic carbocycles. The maximum Gasteiger partial charge on any atom is 0.351 e. The van der Waals surface area contributed by atoms with Crippen molar-refractivity contribution in [3.05, 3.63) is 88.9 Å². The Labute approximate surface area is 172 Å². The summed E-state index contributed by atoms with van der Waals surface area (Å²) >= 11 is 0. The molecule has 2 aromatic heterocycles. The van der Waals surface area contributed by atoms with Gasteiger partial charge in [0, 0.05) is 37.9 Å². The average molecular weight is 404 g/mol. The lowest BCUT2D eigenvalue weighted by atomic mass is 10.2. The van der Waals surface area contributed by atoms with Gasteiger partial charge >= 0.3 is 5.69 Å². The lowest BCUT2D eigenvalue weighted by Crippen LogP contribution is -2.46. The minimum absolute atomic E-state index is 0.212. The molecule has 0 N–H and O–H groups in total. The molecule has 1 aliphatic rings. The van der Waals surface area contributed by atoms with Gasteiger partial charge < -0.3 is 9.80 Å². The maximum atomic E-state index is 13.4. The van der Waals surface area contributed by atoms with Crippen LogP contribution in [0.4, 0.5) is 15.9 Å². The van der Waals surface area contributed by atoms with Crippen LogP contribution in [0.5, 0.6) is 0 Å². The van der Waals surface area contributed by atoms with Crippen molar-refractivity contribution in [1.82, 2.24) is 19.2 Å². The minimum Gasteiger partial charge on any atom is -0.368 e. The summed E-state index contributed by atoms with van der Waals surface area (Å²) in [5.41, 5.74) is 2.16. The SMILES string of the molecule is O=c1n(Cc2cccc(F)c2)nc2cc(N3CCN(c4ccccc4)CC3)ncn12. The molecule has 0 radical (unpaired) electrons. The zero-order valence-corrected chi connectivity index (χ0v) is 16.4. The number of piperazine rings is 1. The Hall–Kier alpha value is -3.68. The lowest BCUT2D eigenvalue weighted by molar-refractivity contribution is 0.615. The number of anilines is 2. The Kier molecular flexibility index (Phi) is 4.66. The van der Waals surface area contributed by atoms with Crippen LogP contribution in [0.1, 0.15) is 5.56 Å². The molecule has 5 rings (SSSR count). The van der Waals surface area contributed by atoms with Crippen molar-refractivity contribution < 1.29 is 4.39 Å². The number of hydrogen-bond donors (Lipinski definition) is 0. The normalized spacial score (nSPS) is 14.4. The van der Waals surface area contributed by atoms with Gasteiger partial charge in [0.05, 0.1) is 6.54 Å². The number of fused-ring (bicyclic) bond motifs is 1. The first-order chi connectivity index (χ1) is 14.7. The highest BCUT2D eigenvalue weighted by atomic mass is 19.1. The number of hydrogen-bond acceptors (Lipinski definition) is 5. The van der Waals surface area contributed by atoms with Gasteiger partial charge in [-0.05, 0) is 29.8 Å². The number of benzene rings is 2. The molecular weight excluding hydrogens is 383 g/mol. The highest BCUT2D eigenvalue weighted by Gasteiger charge is 2.19. The molecular formula is C22H21FN6O. The summed E-state index contributed by atoms with van der Waals surface area (Å²) < 4.78 is 16.2. The molecule has 0 saturated carbocycles. The quantitative estimate of drug-likeness (QED) is 0.523. The molecule has 8 heteroatoms. The van der Waals surface area contributed by atoms with E-state index in [1.807, 2.05) is 12.1 Å². The summed E-state index contributed by atoms with van der Waals surface area (Å²) in [4.78, 5) is 21.7. The Morgan fingerprint density at radius 1 is 0.900 bits per heavy atom. The molecule has 3 heterocycles. The smallest absolute Gasteiger partial charge is 0.351 e. The van der Waals surface area contributed by atoms with E-state index in [0.717, 1.165) is 32.0 Å². The van der Waals surface area contributed by atoms with Crippen LogP contribution in [-0.2, 0) is 6.54 Å². The van der Waals surface area contributed by atoms with Crippen LogP contribution >= 0.6 is 0 Å². The zero-order chi connectivity index (χ0) is 20.5. The van der Waals surface area contributed by atoms with Gasteiger partial charge in [0.1, 0.15) is 18.0 Å². The van der Waals surface area contributed by atoms with E-state index in [1.54, 1.807) is 12.1 Å². The predicted octanol–water partition coefficient (Wildman–Crippen LogP) is 2.41. The Morgan fingerprint density at radius 2 is 1.67 bits per heavy atom. The van der Waals surface area contributed by atoms with Crippen molar-refractivity contribution in [2.75, 3.05) is 36.0 Å². The van der Waals surface area contributed by atoms with E-state index in [-0.39, 0.29) is 18.1 Å². The lowest BCUT2D eigenvalue weighted by Gasteiger charge is -2.36. The van der Waals surface area contributed by atoms with Gasteiger partial charge in [-0.3, -0.25) is 0 Å². The first kappa shape index (κ1) is 18.4. The number of nitrogens with zero attached hydrogens (tertiary/aromatic N) is 6. The van der Waals surface area contributed by atoms with E-state index in [4.69, 9.17) is 0 Å². The highest BCUT2D eigenvalue weighted by molar-refractivity contribution is 5.53. The molecule has 30 heavy (non-hydrogen) atoms. The van der Waals surface area contributed by atoms with Crippen molar-refractivity contribution in [3.8, 4) is 0 Å². The van der Waals surface area contributed by atoms with Gasteiger partial charge in [-0.25, -0.2) is 23.3 Å². The first-order valence-corrected chi connectivity index (χ1v) is 9.92. The topological polar surface area (TPSA) is 58.7 Å². The molecule has 4 aromatic rings. The van der Waals surface area contributed by atoms with Crippen LogP contribution in [-0.4, -0.2) is 45.3 Å². The van der Waals surface area contributed by atoms with Gasteiger partial charge in [-0.15, -0.1) is 5.10 Å². The molecule has 0 amide bonds. The Bertz CT molecular complexity index is 1230.